The molecular formula is C23H23N5O4S. The Morgan fingerprint density at radius 1 is 0.970 bits per heavy atom. The molecule has 4 aromatic rings. The first-order chi connectivity index (χ1) is 16.1. The van der Waals surface area contributed by atoms with Crippen LogP contribution in [0.2, 0.25) is 0 Å². The summed E-state index contributed by atoms with van der Waals surface area (Å²) in [6, 6.07) is 16.3. The molecule has 4 rings (SSSR count). The zero-order valence-electron chi connectivity index (χ0n) is 17.8. The molecule has 2 aromatic heterocycles. The SMILES string of the molecule is O=C(CNC(=O)Cc1nnc(Cc2nc3ccc(-c4ccccc4)cc3s2)o1)NCCCO. The number of rotatable bonds is 10. The Bertz CT molecular complexity index is 1240. The highest BCUT2D eigenvalue weighted by atomic mass is 32.1. The molecule has 0 aliphatic carbocycles. The van der Waals surface area contributed by atoms with E-state index in [-0.39, 0.29) is 31.4 Å². The summed E-state index contributed by atoms with van der Waals surface area (Å²) in [5.41, 5.74) is 3.19. The van der Waals surface area contributed by atoms with E-state index in [1.54, 1.807) is 11.3 Å². The Hall–Kier alpha value is -3.63. The average Bonchev–Trinajstić information content (AvgIpc) is 3.44. The third kappa shape index (κ3) is 6.21. The topological polar surface area (TPSA) is 130 Å². The van der Waals surface area contributed by atoms with Crippen LogP contribution >= 0.6 is 11.3 Å². The normalized spacial score (nSPS) is 10.9. The quantitative estimate of drug-likeness (QED) is 0.306. The lowest BCUT2D eigenvalue weighted by Gasteiger charge is -2.05. The molecule has 0 spiro atoms. The van der Waals surface area contributed by atoms with Gasteiger partial charge in [-0.2, -0.15) is 0 Å². The van der Waals surface area contributed by atoms with E-state index in [1.807, 2.05) is 24.3 Å². The van der Waals surface area contributed by atoms with Crippen LogP contribution in [-0.4, -0.2) is 51.8 Å². The van der Waals surface area contributed by atoms with Gasteiger partial charge in [-0.15, -0.1) is 21.5 Å². The van der Waals surface area contributed by atoms with Crippen molar-refractivity contribution < 1.29 is 19.1 Å². The van der Waals surface area contributed by atoms with Gasteiger partial charge in [-0.3, -0.25) is 9.59 Å². The predicted molar refractivity (Wildman–Crippen MR) is 124 cm³/mol. The van der Waals surface area contributed by atoms with Gasteiger partial charge in [0.1, 0.15) is 11.4 Å². The van der Waals surface area contributed by atoms with Crippen molar-refractivity contribution in [2.24, 2.45) is 0 Å². The molecule has 3 N–H and O–H groups in total. The van der Waals surface area contributed by atoms with Crippen LogP contribution in [0.15, 0.2) is 52.9 Å². The molecule has 2 amide bonds. The molecule has 2 aromatic carbocycles. The number of aliphatic hydroxyl groups excluding tert-OH is 1. The average molecular weight is 466 g/mol. The molecule has 0 radical (unpaired) electrons. The fourth-order valence-corrected chi connectivity index (χ4v) is 4.16. The first kappa shape index (κ1) is 22.6. The highest BCUT2D eigenvalue weighted by Gasteiger charge is 2.14. The van der Waals surface area contributed by atoms with Crippen molar-refractivity contribution in [1.29, 1.82) is 0 Å². The van der Waals surface area contributed by atoms with Crippen molar-refractivity contribution in [3.05, 3.63) is 65.3 Å². The maximum atomic E-state index is 12.0. The third-order valence-electron chi connectivity index (χ3n) is 4.77. The van der Waals surface area contributed by atoms with Gasteiger partial charge in [0.2, 0.25) is 23.6 Å². The second-order valence-corrected chi connectivity index (χ2v) is 8.42. The Morgan fingerprint density at radius 2 is 1.79 bits per heavy atom. The molecule has 0 aliphatic rings. The molecule has 0 fully saturated rings. The van der Waals surface area contributed by atoms with E-state index in [4.69, 9.17) is 9.52 Å². The first-order valence-electron chi connectivity index (χ1n) is 10.5. The molecule has 2 heterocycles. The molecule has 0 aliphatic heterocycles. The maximum Gasteiger partial charge on any atom is 0.239 e. The minimum Gasteiger partial charge on any atom is -0.424 e. The summed E-state index contributed by atoms with van der Waals surface area (Å²) in [6.07, 6.45) is 0.729. The molecule has 10 heteroatoms. The Balaban J connectivity index is 1.32. The number of nitrogens with one attached hydrogen (secondary N) is 2. The van der Waals surface area contributed by atoms with Crippen LogP contribution in [0.5, 0.6) is 0 Å². The van der Waals surface area contributed by atoms with Crippen LogP contribution in [0.3, 0.4) is 0 Å². The van der Waals surface area contributed by atoms with E-state index in [2.05, 4.69) is 50.1 Å². The van der Waals surface area contributed by atoms with E-state index in [0.29, 0.717) is 25.3 Å². The fourth-order valence-electron chi connectivity index (χ4n) is 3.17. The predicted octanol–water partition coefficient (Wildman–Crippen LogP) is 2.09. The Morgan fingerprint density at radius 3 is 2.61 bits per heavy atom. The van der Waals surface area contributed by atoms with Gasteiger partial charge >= 0.3 is 0 Å². The molecule has 170 valence electrons. The smallest absolute Gasteiger partial charge is 0.239 e. The zero-order valence-corrected chi connectivity index (χ0v) is 18.6. The number of hydrogen-bond acceptors (Lipinski definition) is 8. The van der Waals surface area contributed by atoms with Crippen LogP contribution < -0.4 is 10.6 Å². The van der Waals surface area contributed by atoms with Gasteiger partial charge in [-0.1, -0.05) is 36.4 Å². The van der Waals surface area contributed by atoms with E-state index in [0.717, 1.165) is 26.4 Å². The van der Waals surface area contributed by atoms with Crippen LogP contribution in [0.25, 0.3) is 21.3 Å². The molecule has 0 bridgehead atoms. The van der Waals surface area contributed by atoms with Crippen molar-refractivity contribution in [3.63, 3.8) is 0 Å². The number of benzene rings is 2. The standard InChI is InChI=1S/C23H23N5O4S/c29-10-4-9-24-20(31)14-25-19(30)12-21-27-28-22(32-21)13-23-26-17-8-7-16(11-18(17)33-23)15-5-2-1-3-6-15/h1-3,5-8,11,29H,4,9-10,12-14H2,(H,24,31)(H,25,30). The fraction of sp³-hybridized carbons (Fsp3) is 0.261. The van der Waals surface area contributed by atoms with Gasteiger partial charge in [0.05, 0.1) is 23.2 Å². The molecular weight excluding hydrogens is 442 g/mol. The summed E-state index contributed by atoms with van der Waals surface area (Å²) in [6.45, 7) is 0.206. The minimum absolute atomic E-state index is 0.00211. The molecule has 33 heavy (non-hydrogen) atoms. The Labute approximate surface area is 193 Å². The lowest BCUT2D eigenvalue weighted by Crippen LogP contribution is -2.38. The number of aliphatic hydroxyl groups is 1. The van der Waals surface area contributed by atoms with Crippen LogP contribution in [0.1, 0.15) is 23.2 Å². The number of amides is 2. The second kappa shape index (κ2) is 10.8. The summed E-state index contributed by atoms with van der Waals surface area (Å²) in [5, 5.41) is 22.6. The molecule has 0 saturated carbocycles. The van der Waals surface area contributed by atoms with Gasteiger partial charge in [-0.05, 0) is 29.7 Å². The van der Waals surface area contributed by atoms with Gasteiger partial charge in [0.25, 0.3) is 0 Å². The second-order valence-electron chi connectivity index (χ2n) is 7.30. The summed E-state index contributed by atoms with van der Waals surface area (Å²) < 4.78 is 6.66. The monoisotopic (exact) mass is 465 g/mol. The van der Waals surface area contributed by atoms with Gasteiger partial charge in [0.15, 0.2) is 0 Å². The summed E-state index contributed by atoms with van der Waals surface area (Å²) in [7, 11) is 0. The highest BCUT2D eigenvalue weighted by Crippen LogP contribution is 2.29. The van der Waals surface area contributed by atoms with Crippen LogP contribution in [0, 0.1) is 0 Å². The maximum absolute atomic E-state index is 12.0. The van der Waals surface area contributed by atoms with Crippen LogP contribution in [0.4, 0.5) is 0 Å². The number of carbonyl (C=O) groups is 2. The van der Waals surface area contributed by atoms with Crippen molar-refractivity contribution in [2.45, 2.75) is 19.3 Å². The van der Waals surface area contributed by atoms with Crippen molar-refractivity contribution in [1.82, 2.24) is 25.8 Å². The highest BCUT2D eigenvalue weighted by molar-refractivity contribution is 7.18. The largest absolute Gasteiger partial charge is 0.424 e. The lowest BCUT2D eigenvalue weighted by atomic mass is 10.1. The van der Waals surface area contributed by atoms with E-state index in [1.165, 1.54) is 0 Å². The van der Waals surface area contributed by atoms with E-state index >= 15 is 0 Å². The number of nitrogens with zero attached hydrogens (tertiary/aromatic N) is 3. The van der Waals surface area contributed by atoms with Gasteiger partial charge in [0, 0.05) is 13.2 Å². The number of thiazole rings is 1. The van der Waals surface area contributed by atoms with Crippen molar-refractivity contribution in [3.8, 4) is 11.1 Å². The van der Waals surface area contributed by atoms with Gasteiger partial charge in [-0.25, -0.2) is 4.98 Å². The number of carbonyl (C=O) groups excluding carboxylic acids is 2. The van der Waals surface area contributed by atoms with Gasteiger partial charge < -0.3 is 20.2 Å². The van der Waals surface area contributed by atoms with E-state index in [9.17, 15) is 9.59 Å². The third-order valence-corrected chi connectivity index (χ3v) is 5.78. The zero-order chi connectivity index (χ0) is 23.0. The summed E-state index contributed by atoms with van der Waals surface area (Å²) >= 11 is 1.57. The molecule has 0 unspecified atom stereocenters. The summed E-state index contributed by atoms with van der Waals surface area (Å²) in [4.78, 5) is 28.2. The number of aromatic nitrogens is 3. The lowest BCUT2D eigenvalue weighted by molar-refractivity contribution is -0.125. The minimum atomic E-state index is -0.393. The van der Waals surface area contributed by atoms with Crippen molar-refractivity contribution >= 4 is 33.4 Å². The first-order valence-corrected chi connectivity index (χ1v) is 11.3. The molecule has 0 atom stereocenters. The summed E-state index contributed by atoms with van der Waals surface area (Å²) in [5.74, 6) is -0.164. The van der Waals surface area contributed by atoms with E-state index < -0.39 is 5.91 Å². The Kier molecular flexibility index (Phi) is 7.38. The number of hydrogen-bond donors (Lipinski definition) is 3. The van der Waals surface area contributed by atoms with Crippen molar-refractivity contribution in [2.75, 3.05) is 19.7 Å². The molecule has 0 saturated heterocycles. The molecule has 9 nitrogen and oxygen atoms in total. The number of fused-ring (bicyclic) bond motifs is 1. The van der Waals surface area contributed by atoms with Crippen LogP contribution in [-0.2, 0) is 22.4 Å².